The molecule has 9 atom stereocenters. The molecule has 0 aromatic rings. The lowest BCUT2D eigenvalue weighted by Crippen LogP contribution is -2.71. The number of carbonyl (C=O) groups excluding carboxylic acids is 1. The summed E-state index contributed by atoms with van der Waals surface area (Å²) in [6, 6.07) is 0. The first-order chi connectivity index (χ1) is 16.6. The largest absolute Gasteiger partial charge is 0.324 e. The van der Waals surface area contributed by atoms with Gasteiger partial charge in [0.05, 0.1) is 0 Å². The molecular weight excluding hydrogens is 450 g/mol. The van der Waals surface area contributed by atoms with Gasteiger partial charge >= 0.3 is 0 Å². The second kappa shape index (κ2) is 10.5. The van der Waals surface area contributed by atoms with E-state index in [0.717, 1.165) is 42.3 Å². The van der Waals surface area contributed by atoms with Gasteiger partial charge in [-0.1, -0.05) is 47.0 Å². The summed E-state index contributed by atoms with van der Waals surface area (Å²) in [6.45, 7) is 9.86. The molecule has 0 aromatic heterocycles. The highest BCUT2D eigenvalue weighted by atomic mass is 32.3. The van der Waals surface area contributed by atoms with Crippen molar-refractivity contribution in [3.63, 3.8) is 0 Å². The highest BCUT2D eigenvalue weighted by Gasteiger charge is 2.66. The van der Waals surface area contributed by atoms with E-state index in [9.17, 15) is 4.79 Å². The van der Waals surface area contributed by atoms with Crippen LogP contribution in [0.25, 0.3) is 0 Å². The minimum absolute atomic E-state index is 0.0440. The van der Waals surface area contributed by atoms with Crippen molar-refractivity contribution in [2.24, 2.45) is 46.2 Å². The van der Waals surface area contributed by atoms with Crippen LogP contribution in [0.15, 0.2) is 0 Å². The molecule has 5 unspecified atom stereocenters. The van der Waals surface area contributed by atoms with E-state index in [-0.39, 0.29) is 11.4 Å². The van der Waals surface area contributed by atoms with Gasteiger partial charge in [-0.3, -0.25) is 9.52 Å². The summed E-state index contributed by atoms with van der Waals surface area (Å²) in [7, 11) is 0.768. The first kappa shape index (κ1) is 27.8. The average Bonchev–Trinajstić information content (AvgIpc) is 3.15. The molecule has 4 nitrogen and oxygen atoms in total. The third-order valence-corrected chi connectivity index (χ3v) is 15.0. The van der Waals surface area contributed by atoms with E-state index in [1.54, 1.807) is 0 Å². The van der Waals surface area contributed by atoms with Crippen molar-refractivity contribution in [1.29, 1.82) is 0 Å². The van der Waals surface area contributed by atoms with Gasteiger partial charge in [-0.15, -0.1) is 10.4 Å². The van der Waals surface area contributed by atoms with Gasteiger partial charge in [0.25, 0.3) is 0 Å². The third-order valence-electron chi connectivity index (χ3n) is 12.2. The number of fused-ring (bicyclic) bond motifs is 5. The predicted octanol–water partition coefficient (Wildman–Crippen LogP) is 6.93. The number of amides is 1. The molecule has 4 N–H and O–H groups in total. The van der Waals surface area contributed by atoms with E-state index in [4.69, 9.17) is 5.73 Å². The summed E-state index contributed by atoms with van der Waals surface area (Å²) in [5.74, 6) is 5.26. The number of carbonyl (C=O) groups is 1. The molecule has 0 radical (unpaired) electrons. The van der Waals surface area contributed by atoms with Crippen molar-refractivity contribution in [3.8, 4) is 0 Å². The molecular formula is C30H57N3OS. The van der Waals surface area contributed by atoms with Crippen LogP contribution in [-0.4, -0.2) is 30.5 Å². The van der Waals surface area contributed by atoms with Crippen molar-refractivity contribution < 1.29 is 4.79 Å². The first-order valence-corrected chi connectivity index (χ1v) is 17.3. The molecule has 4 aliphatic carbocycles. The van der Waals surface area contributed by atoms with Crippen molar-refractivity contribution in [2.75, 3.05) is 19.1 Å². The van der Waals surface area contributed by atoms with Crippen LogP contribution in [-0.2, 0) is 4.79 Å². The SMILES string of the molecule is CCCS(C)(NC)NC(=O)CCCC1CCC2C3C[C@H](CC)[C@@H]4CCCC[C@]4(C)[C@@]3(N)CCC12C. The molecule has 4 saturated carbocycles. The molecule has 4 fully saturated rings. The van der Waals surface area contributed by atoms with Crippen LogP contribution in [0.1, 0.15) is 118 Å². The second-order valence-electron chi connectivity index (χ2n) is 13.6. The standard InChI is InChI=1S/C30H57N3OS/c1-7-20-35(6,32-5)33-27(34)14-11-12-23-15-16-25-26-21-22(8-2)24-13-9-10-17-29(24,4)30(26,31)19-18-28(23,25)3/h22-26,32H,7-21,31H2,1-6H3,(H,33,34)/t22-,23?,24-,25?,26?,28?,29-,30+/m0/s1. The Labute approximate surface area is 218 Å². The topological polar surface area (TPSA) is 67.1 Å². The lowest BCUT2D eigenvalue weighted by Gasteiger charge is -2.68. The molecule has 0 heterocycles. The van der Waals surface area contributed by atoms with E-state index in [1.807, 2.05) is 7.05 Å². The Hall–Kier alpha value is -0.260. The zero-order valence-electron chi connectivity index (χ0n) is 23.9. The Kier molecular flexibility index (Phi) is 8.32. The molecule has 5 heteroatoms. The van der Waals surface area contributed by atoms with Crippen molar-refractivity contribution in [1.82, 2.24) is 9.44 Å². The molecule has 0 aromatic carbocycles. The van der Waals surface area contributed by atoms with E-state index in [1.165, 1.54) is 70.6 Å². The Morgan fingerprint density at radius 3 is 2.49 bits per heavy atom. The Balaban J connectivity index is 1.41. The van der Waals surface area contributed by atoms with Crippen LogP contribution in [0.3, 0.4) is 0 Å². The van der Waals surface area contributed by atoms with Crippen LogP contribution in [0.5, 0.6) is 0 Å². The van der Waals surface area contributed by atoms with Gasteiger partial charge in [-0.25, -0.2) is 0 Å². The van der Waals surface area contributed by atoms with Gasteiger partial charge in [-0.05, 0) is 118 Å². The fraction of sp³-hybridized carbons (Fsp3) is 0.967. The summed E-state index contributed by atoms with van der Waals surface area (Å²) in [4.78, 5) is 12.8. The van der Waals surface area contributed by atoms with E-state index < -0.39 is 10.4 Å². The smallest absolute Gasteiger partial charge is 0.229 e. The maximum absolute atomic E-state index is 12.8. The summed E-state index contributed by atoms with van der Waals surface area (Å²) >= 11 is 0. The van der Waals surface area contributed by atoms with Crippen molar-refractivity contribution in [2.45, 2.75) is 123 Å². The highest BCUT2D eigenvalue weighted by Crippen LogP contribution is 2.69. The number of nitrogens with two attached hydrogens (primary N) is 1. The van der Waals surface area contributed by atoms with Crippen molar-refractivity contribution in [3.05, 3.63) is 0 Å². The molecule has 35 heavy (non-hydrogen) atoms. The van der Waals surface area contributed by atoms with Gasteiger partial charge in [0, 0.05) is 17.7 Å². The number of nitrogens with one attached hydrogen (secondary N) is 2. The monoisotopic (exact) mass is 507 g/mol. The lowest BCUT2D eigenvalue weighted by atomic mass is 9.39. The summed E-state index contributed by atoms with van der Waals surface area (Å²) in [6.07, 6.45) is 19.7. The second-order valence-corrected chi connectivity index (χ2v) is 16.8. The highest BCUT2D eigenvalue weighted by molar-refractivity contribution is 8.30. The maximum Gasteiger partial charge on any atom is 0.229 e. The maximum atomic E-state index is 12.8. The Bertz CT molecular complexity index is 762. The van der Waals surface area contributed by atoms with E-state index >= 15 is 0 Å². The number of hydrogen-bond acceptors (Lipinski definition) is 3. The Morgan fingerprint density at radius 1 is 1.03 bits per heavy atom. The minimum atomic E-state index is -1.21. The summed E-state index contributed by atoms with van der Waals surface area (Å²) in [5, 5.41) is 0. The van der Waals surface area contributed by atoms with Crippen LogP contribution in [0.4, 0.5) is 0 Å². The third kappa shape index (κ3) is 4.73. The summed E-state index contributed by atoms with van der Waals surface area (Å²) < 4.78 is 6.72. The van der Waals surface area contributed by atoms with Gasteiger partial charge in [0.1, 0.15) is 0 Å². The zero-order chi connectivity index (χ0) is 25.5. The molecule has 204 valence electrons. The molecule has 0 saturated heterocycles. The quantitative estimate of drug-likeness (QED) is 0.317. The molecule has 0 spiro atoms. The van der Waals surface area contributed by atoms with Crippen molar-refractivity contribution >= 4 is 16.3 Å². The van der Waals surface area contributed by atoms with Crippen LogP contribution < -0.4 is 15.2 Å². The van der Waals surface area contributed by atoms with Gasteiger partial charge in [0.15, 0.2) is 0 Å². The van der Waals surface area contributed by atoms with E-state index in [2.05, 4.69) is 43.4 Å². The van der Waals surface area contributed by atoms with Gasteiger partial charge in [0.2, 0.25) is 5.91 Å². The summed E-state index contributed by atoms with van der Waals surface area (Å²) in [5.41, 5.74) is 8.42. The van der Waals surface area contributed by atoms with Gasteiger partial charge < -0.3 is 10.5 Å². The normalized spacial score (nSPS) is 45.5. The van der Waals surface area contributed by atoms with E-state index in [0.29, 0.717) is 23.2 Å². The fourth-order valence-electron chi connectivity index (χ4n) is 10.0. The Morgan fingerprint density at radius 2 is 1.80 bits per heavy atom. The average molecular weight is 508 g/mol. The first-order valence-electron chi connectivity index (χ1n) is 15.1. The molecule has 1 amide bonds. The van der Waals surface area contributed by atoms with Crippen LogP contribution >= 0.6 is 10.4 Å². The van der Waals surface area contributed by atoms with Crippen LogP contribution in [0.2, 0.25) is 0 Å². The number of hydrogen-bond donors (Lipinski definition) is 3. The molecule has 0 bridgehead atoms. The zero-order valence-corrected chi connectivity index (χ0v) is 24.7. The number of rotatable bonds is 9. The molecule has 4 rings (SSSR count). The fourth-order valence-corrected chi connectivity index (χ4v) is 11.9. The molecule has 4 aliphatic rings. The lowest BCUT2D eigenvalue weighted by molar-refractivity contribution is -0.152. The predicted molar refractivity (Wildman–Crippen MR) is 152 cm³/mol. The molecule has 0 aliphatic heterocycles. The minimum Gasteiger partial charge on any atom is -0.324 e. The van der Waals surface area contributed by atoms with Gasteiger partial charge in [-0.2, -0.15) is 0 Å². The van der Waals surface area contributed by atoms with Crippen LogP contribution in [0, 0.1) is 40.4 Å².